The van der Waals surface area contributed by atoms with Gasteiger partial charge in [0.15, 0.2) is 0 Å². The summed E-state index contributed by atoms with van der Waals surface area (Å²) in [6.45, 7) is 3.10. The van der Waals surface area contributed by atoms with Crippen LogP contribution in [0.1, 0.15) is 58.3 Å². The van der Waals surface area contributed by atoms with Crippen LogP contribution in [0.5, 0.6) is 5.75 Å². The average molecular weight is 767 g/mol. The lowest BCUT2D eigenvalue weighted by molar-refractivity contribution is -0.123. The van der Waals surface area contributed by atoms with Crippen LogP contribution < -0.4 is 15.4 Å². The SMILES string of the molecule is CCCOc1ccc(CNC(=O)[C@H](Cc2cn(C(c3ccccc3)(c3ccccc3)c3ccccc3)cn2)NC(=O)OCC2c3ccccc3-c3ccccc32)cc1. The summed E-state index contributed by atoms with van der Waals surface area (Å²) in [6, 6.07) is 54.1. The van der Waals surface area contributed by atoms with Crippen LogP contribution >= 0.6 is 0 Å². The van der Waals surface area contributed by atoms with Gasteiger partial charge in [-0.1, -0.05) is 159 Å². The van der Waals surface area contributed by atoms with Gasteiger partial charge < -0.3 is 24.7 Å². The van der Waals surface area contributed by atoms with Gasteiger partial charge in [0.25, 0.3) is 0 Å². The Labute approximate surface area is 339 Å². The predicted octanol–water partition coefficient (Wildman–Crippen LogP) is 9.28. The zero-order chi connectivity index (χ0) is 39.7. The molecule has 2 amide bonds. The van der Waals surface area contributed by atoms with E-state index in [0.29, 0.717) is 12.3 Å². The van der Waals surface area contributed by atoms with Gasteiger partial charge >= 0.3 is 6.09 Å². The number of amides is 2. The molecular weight excluding hydrogens is 721 g/mol. The maximum absolute atomic E-state index is 14.1. The minimum absolute atomic E-state index is 0.118. The molecule has 1 aliphatic rings. The molecule has 0 bridgehead atoms. The number of rotatable bonds is 15. The van der Waals surface area contributed by atoms with E-state index in [1.807, 2.05) is 116 Å². The first-order valence-corrected chi connectivity index (χ1v) is 19.9. The largest absolute Gasteiger partial charge is 0.494 e. The molecule has 0 radical (unpaired) electrons. The molecule has 0 aliphatic heterocycles. The molecule has 0 spiro atoms. The maximum atomic E-state index is 14.1. The van der Waals surface area contributed by atoms with E-state index in [-0.39, 0.29) is 31.4 Å². The fourth-order valence-corrected chi connectivity index (χ4v) is 8.07. The molecule has 1 aromatic heterocycles. The lowest BCUT2D eigenvalue weighted by Gasteiger charge is -2.37. The standard InChI is InChI=1S/C50H46N4O4/c1-2-30-57-41-28-26-36(27-29-41)32-51-48(55)47(53-49(56)58-34-46-44-24-14-12-22-42(44)43-23-13-15-25-45(43)46)31-40-33-54(35-52-40)50(37-16-6-3-7-17-37,38-18-8-4-9-19-38)39-20-10-5-11-21-39/h3-29,33,35,46-47H,2,30-32,34H2,1H3,(H,51,55)(H,53,56)/t47-/m0/s1. The molecule has 58 heavy (non-hydrogen) atoms. The summed E-state index contributed by atoms with van der Waals surface area (Å²) < 4.78 is 13.8. The topological polar surface area (TPSA) is 94.5 Å². The number of fused-ring (bicyclic) bond motifs is 3. The summed E-state index contributed by atoms with van der Waals surface area (Å²) in [5.41, 5.74) is 8.41. The van der Waals surface area contributed by atoms with Crippen LogP contribution in [0.4, 0.5) is 4.79 Å². The smallest absolute Gasteiger partial charge is 0.407 e. The molecule has 1 heterocycles. The Morgan fingerprint density at radius 2 is 1.24 bits per heavy atom. The van der Waals surface area contributed by atoms with E-state index < -0.39 is 17.7 Å². The van der Waals surface area contributed by atoms with Crippen LogP contribution in [0.25, 0.3) is 11.1 Å². The van der Waals surface area contributed by atoms with Crippen LogP contribution in [0.3, 0.4) is 0 Å². The minimum atomic E-state index is -0.981. The molecule has 0 fully saturated rings. The molecular formula is C50H46N4O4. The van der Waals surface area contributed by atoms with Gasteiger partial charge in [-0.2, -0.15) is 0 Å². The molecule has 8 nitrogen and oxygen atoms in total. The summed E-state index contributed by atoms with van der Waals surface area (Å²) in [7, 11) is 0. The van der Waals surface area contributed by atoms with E-state index in [0.717, 1.165) is 56.7 Å². The second-order valence-corrected chi connectivity index (χ2v) is 14.5. The van der Waals surface area contributed by atoms with Crippen molar-refractivity contribution in [3.8, 4) is 16.9 Å². The second kappa shape index (κ2) is 17.5. The second-order valence-electron chi connectivity index (χ2n) is 14.5. The highest BCUT2D eigenvalue weighted by Crippen LogP contribution is 2.45. The van der Waals surface area contributed by atoms with Gasteiger partial charge in [-0.25, -0.2) is 9.78 Å². The fraction of sp³-hybridized carbons (Fsp3) is 0.180. The summed E-state index contributed by atoms with van der Waals surface area (Å²) in [4.78, 5) is 32.7. The zero-order valence-electron chi connectivity index (χ0n) is 32.5. The van der Waals surface area contributed by atoms with Crippen molar-refractivity contribution in [3.05, 3.63) is 215 Å². The predicted molar refractivity (Wildman–Crippen MR) is 227 cm³/mol. The van der Waals surface area contributed by atoms with E-state index in [2.05, 4.69) is 82.8 Å². The van der Waals surface area contributed by atoms with Gasteiger partial charge in [0, 0.05) is 25.1 Å². The third-order valence-corrected chi connectivity index (χ3v) is 10.8. The van der Waals surface area contributed by atoms with E-state index >= 15 is 0 Å². The number of ether oxygens (including phenoxy) is 2. The van der Waals surface area contributed by atoms with Crippen LogP contribution in [-0.4, -0.2) is 40.8 Å². The Kier molecular flexibility index (Phi) is 11.4. The summed E-state index contributed by atoms with van der Waals surface area (Å²) >= 11 is 0. The molecule has 290 valence electrons. The highest BCUT2D eigenvalue weighted by atomic mass is 16.5. The number of nitrogens with zero attached hydrogens (tertiary/aromatic N) is 2. The van der Waals surface area contributed by atoms with Crippen LogP contribution in [0, 0.1) is 0 Å². The number of aromatic nitrogens is 2. The Balaban J connectivity index is 1.07. The number of carbonyl (C=O) groups is 2. The van der Waals surface area contributed by atoms with Crippen LogP contribution in [0.15, 0.2) is 176 Å². The van der Waals surface area contributed by atoms with E-state index in [4.69, 9.17) is 14.5 Å². The molecule has 0 unspecified atom stereocenters. The van der Waals surface area contributed by atoms with Gasteiger partial charge in [-0.3, -0.25) is 4.79 Å². The van der Waals surface area contributed by atoms with E-state index in [1.54, 1.807) is 0 Å². The average Bonchev–Trinajstić information content (AvgIpc) is 3.88. The highest BCUT2D eigenvalue weighted by Gasteiger charge is 2.39. The van der Waals surface area contributed by atoms with Crippen molar-refractivity contribution in [2.24, 2.45) is 0 Å². The van der Waals surface area contributed by atoms with Gasteiger partial charge in [0.2, 0.25) is 5.91 Å². The van der Waals surface area contributed by atoms with Crippen molar-refractivity contribution in [2.75, 3.05) is 13.2 Å². The number of hydrogen-bond donors (Lipinski definition) is 2. The molecule has 1 atom stereocenters. The van der Waals surface area contributed by atoms with Gasteiger partial charge in [0.1, 0.15) is 23.9 Å². The van der Waals surface area contributed by atoms with Gasteiger partial charge in [-0.15, -0.1) is 0 Å². The molecule has 7 aromatic rings. The van der Waals surface area contributed by atoms with Crippen molar-refractivity contribution >= 4 is 12.0 Å². The van der Waals surface area contributed by atoms with Crippen molar-refractivity contribution in [1.82, 2.24) is 20.2 Å². The number of nitrogens with one attached hydrogen (secondary N) is 2. The quantitative estimate of drug-likeness (QED) is 0.102. The molecule has 0 saturated carbocycles. The first kappa shape index (κ1) is 38.0. The highest BCUT2D eigenvalue weighted by molar-refractivity contribution is 5.86. The van der Waals surface area contributed by atoms with Crippen molar-refractivity contribution in [2.45, 2.75) is 43.8 Å². The number of benzene rings is 6. The lowest BCUT2D eigenvalue weighted by atomic mass is 9.77. The number of alkyl carbamates (subject to hydrolysis) is 1. The normalized spacial score (nSPS) is 12.6. The van der Waals surface area contributed by atoms with E-state index in [1.165, 1.54) is 0 Å². The monoisotopic (exact) mass is 766 g/mol. The molecule has 2 N–H and O–H groups in total. The minimum Gasteiger partial charge on any atom is -0.494 e. The number of imidazole rings is 1. The van der Waals surface area contributed by atoms with Crippen LogP contribution in [-0.2, 0) is 28.0 Å². The third kappa shape index (κ3) is 7.86. The summed E-state index contributed by atoms with van der Waals surface area (Å²) in [6.07, 6.45) is 4.15. The Morgan fingerprint density at radius 1 is 0.707 bits per heavy atom. The Hall–Kier alpha value is -6.93. The summed E-state index contributed by atoms with van der Waals surface area (Å²) in [5.74, 6) is 0.308. The lowest BCUT2D eigenvalue weighted by Crippen LogP contribution is -2.48. The third-order valence-electron chi connectivity index (χ3n) is 10.8. The molecule has 8 rings (SSSR count). The van der Waals surface area contributed by atoms with Crippen molar-refractivity contribution in [3.63, 3.8) is 0 Å². The zero-order valence-corrected chi connectivity index (χ0v) is 32.5. The molecule has 1 aliphatic carbocycles. The van der Waals surface area contributed by atoms with Crippen molar-refractivity contribution < 1.29 is 19.1 Å². The summed E-state index contributed by atoms with van der Waals surface area (Å²) in [5, 5.41) is 5.95. The van der Waals surface area contributed by atoms with E-state index in [9.17, 15) is 9.59 Å². The Bertz CT molecular complexity index is 2310. The first-order chi connectivity index (χ1) is 28.5. The first-order valence-electron chi connectivity index (χ1n) is 19.9. The van der Waals surface area contributed by atoms with Gasteiger partial charge in [0.05, 0.1) is 18.6 Å². The Morgan fingerprint density at radius 3 is 1.79 bits per heavy atom. The molecule has 6 aromatic carbocycles. The van der Waals surface area contributed by atoms with Crippen molar-refractivity contribution in [1.29, 1.82) is 0 Å². The molecule has 8 heteroatoms. The van der Waals surface area contributed by atoms with Crippen LogP contribution in [0.2, 0.25) is 0 Å². The fourth-order valence-electron chi connectivity index (χ4n) is 8.07. The number of hydrogen-bond acceptors (Lipinski definition) is 5. The number of carbonyl (C=O) groups excluding carboxylic acids is 2. The molecule has 0 saturated heterocycles. The maximum Gasteiger partial charge on any atom is 0.407 e. The van der Waals surface area contributed by atoms with Gasteiger partial charge in [-0.05, 0) is 63.1 Å².